The number of aromatic hydroxyl groups is 3. The smallest absolute Gasteiger partial charge is 0.233 e. The SMILES string of the molecule is CC1C=CC2=C(O1)C(=O)c1c(O)c(O)cc(O)c1C2=O. The highest BCUT2D eigenvalue weighted by Gasteiger charge is 2.39. The van der Waals surface area contributed by atoms with Crippen LogP contribution in [0.2, 0.25) is 0 Å². The molecule has 0 amide bonds. The second-order valence-corrected chi connectivity index (χ2v) is 4.60. The third kappa shape index (κ3) is 1.45. The van der Waals surface area contributed by atoms with Gasteiger partial charge in [0.1, 0.15) is 11.9 Å². The lowest BCUT2D eigenvalue weighted by atomic mass is 9.85. The third-order valence-corrected chi connectivity index (χ3v) is 3.25. The summed E-state index contributed by atoms with van der Waals surface area (Å²) < 4.78 is 5.31. The molecule has 1 aromatic rings. The number of allylic oxidation sites excluding steroid dienone is 3. The number of carbonyl (C=O) groups is 2. The highest BCUT2D eigenvalue weighted by molar-refractivity contribution is 6.29. The van der Waals surface area contributed by atoms with Gasteiger partial charge in [0.2, 0.25) is 11.6 Å². The molecule has 3 N–H and O–H groups in total. The number of ether oxygens (including phenoxy) is 1. The van der Waals surface area contributed by atoms with E-state index < -0.39 is 34.4 Å². The minimum absolute atomic E-state index is 0.0287. The Kier molecular flexibility index (Phi) is 2.37. The Balaban J connectivity index is 2.31. The summed E-state index contributed by atoms with van der Waals surface area (Å²) >= 11 is 0. The molecule has 0 fully saturated rings. The van der Waals surface area contributed by atoms with Crippen molar-refractivity contribution in [2.24, 2.45) is 0 Å². The highest BCUT2D eigenvalue weighted by atomic mass is 16.5. The van der Waals surface area contributed by atoms with Gasteiger partial charge in [-0.3, -0.25) is 9.59 Å². The van der Waals surface area contributed by atoms with Gasteiger partial charge in [0.05, 0.1) is 16.7 Å². The number of fused-ring (bicyclic) bond motifs is 1. The number of phenols is 3. The summed E-state index contributed by atoms with van der Waals surface area (Å²) in [5.74, 6) is -3.54. The van der Waals surface area contributed by atoms with Gasteiger partial charge >= 0.3 is 0 Å². The van der Waals surface area contributed by atoms with Gasteiger partial charge in [-0.15, -0.1) is 0 Å². The predicted molar refractivity (Wildman–Crippen MR) is 66.8 cm³/mol. The van der Waals surface area contributed by atoms with Crippen LogP contribution in [0.25, 0.3) is 0 Å². The van der Waals surface area contributed by atoms with E-state index in [0.717, 1.165) is 6.07 Å². The second kappa shape index (κ2) is 3.86. The van der Waals surface area contributed by atoms with Crippen LogP contribution in [0, 0.1) is 0 Å². The van der Waals surface area contributed by atoms with Gasteiger partial charge in [-0.2, -0.15) is 0 Å². The van der Waals surface area contributed by atoms with Crippen molar-refractivity contribution in [2.45, 2.75) is 13.0 Å². The number of rotatable bonds is 0. The predicted octanol–water partition coefficient (Wildman–Crippen LogP) is 1.41. The molecular formula is C14H10O6. The van der Waals surface area contributed by atoms with Crippen molar-refractivity contribution in [1.82, 2.24) is 0 Å². The van der Waals surface area contributed by atoms with E-state index in [1.807, 2.05) is 0 Å². The molecule has 0 bridgehead atoms. The number of Topliss-reactive ketones (excluding diaryl/α,β-unsaturated/α-hetero) is 2. The lowest BCUT2D eigenvalue weighted by Crippen LogP contribution is -2.27. The van der Waals surface area contributed by atoms with Crippen molar-refractivity contribution in [2.75, 3.05) is 0 Å². The lowest BCUT2D eigenvalue weighted by Gasteiger charge is -2.25. The quantitative estimate of drug-likeness (QED) is 0.488. The summed E-state index contributed by atoms with van der Waals surface area (Å²) in [6.45, 7) is 1.69. The van der Waals surface area contributed by atoms with Gasteiger partial charge in [0.15, 0.2) is 17.3 Å². The van der Waals surface area contributed by atoms with Crippen molar-refractivity contribution in [3.05, 3.63) is 40.7 Å². The van der Waals surface area contributed by atoms with Crippen molar-refractivity contribution < 1.29 is 29.6 Å². The zero-order chi connectivity index (χ0) is 14.6. The average Bonchev–Trinajstić information content (AvgIpc) is 2.40. The maximum Gasteiger partial charge on any atom is 0.233 e. The van der Waals surface area contributed by atoms with Crippen LogP contribution < -0.4 is 0 Å². The molecule has 3 rings (SSSR count). The molecular weight excluding hydrogens is 264 g/mol. The minimum Gasteiger partial charge on any atom is -0.507 e. The molecule has 1 aromatic carbocycles. The zero-order valence-electron chi connectivity index (χ0n) is 10.4. The van der Waals surface area contributed by atoms with Crippen molar-refractivity contribution in [3.63, 3.8) is 0 Å². The molecule has 102 valence electrons. The van der Waals surface area contributed by atoms with E-state index in [-0.39, 0.29) is 23.0 Å². The van der Waals surface area contributed by atoms with Gasteiger partial charge < -0.3 is 20.1 Å². The Labute approximate surface area is 113 Å². The number of hydrogen-bond acceptors (Lipinski definition) is 6. The fourth-order valence-corrected chi connectivity index (χ4v) is 2.29. The highest BCUT2D eigenvalue weighted by Crippen LogP contribution is 2.43. The second-order valence-electron chi connectivity index (χ2n) is 4.60. The molecule has 6 nitrogen and oxygen atoms in total. The number of benzene rings is 1. The van der Waals surface area contributed by atoms with E-state index in [2.05, 4.69) is 0 Å². The fourth-order valence-electron chi connectivity index (χ4n) is 2.29. The van der Waals surface area contributed by atoms with Crippen LogP contribution in [0.5, 0.6) is 17.2 Å². The summed E-state index contributed by atoms with van der Waals surface area (Å²) in [5, 5.41) is 29.0. The van der Waals surface area contributed by atoms with E-state index in [0.29, 0.717) is 0 Å². The summed E-state index contributed by atoms with van der Waals surface area (Å²) in [5.41, 5.74) is -0.735. The molecule has 0 radical (unpaired) electrons. The van der Waals surface area contributed by atoms with E-state index >= 15 is 0 Å². The van der Waals surface area contributed by atoms with Crippen molar-refractivity contribution in [1.29, 1.82) is 0 Å². The number of ketones is 2. The molecule has 0 aromatic heterocycles. The Morgan fingerprint density at radius 2 is 1.75 bits per heavy atom. The van der Waals surface area contributed by atoms with E-state index in [1.165, 1.54) is 6.08 Å². The van der Waals surface area contributed by atoms with Crippen LogP contribution in [0.3, 0.4) is 0 Å². The Hall–Kier alpha value is -2.76. The van der Waals surface area contributed by atoms with Gasteiger partial charge in [0, 0.05) is 6.07 Å². The molecule has 0 saturated carbocycles. The number of phenolic OH excluding ortho intramolecular Hbond substituents is 3. The number of hydrogen-bond donors (Lipinski definition) is 3. The van der Waals surface area contributed by atoms with E-state index in [1.54, 1.807) is 13.0 Å². The van der Waals surface area contributed by atoms with Gasteiger partial charge in [0.25, 0.3) is 0 Å². The van der Waals surface area contributed by atoms with Crippen molar-refractivity contribution in [3.8, 4) is 17.2 Å². The molecule has 1 atom stereocenters. The maximum absolute atomic E-state index is 12.3. The Bertz CT molecular complexity index is 726. The summed E-state index contributed by atoms with van der Waals surface area (Å²) in [7, 11) is 0. The van der Waals surface area contributed by atoms with Crippen LogP contribution in [-0.4, -0.2) is 33.0 Å². The molecule has 1 heterocycles. The lowest BCUT2D eigenvalue weighted by molar-refractivity contribution is 0.0817. The fraction of sp³-hybridized carbons (Fsp3) is 0.143. The summed E-state index contributed by atoms with van der Waals surface area (Å²) in [6.07, 6.45) is 2.67. The summed E-state index contributed by atoms with van der Waals surface area (Å²) in [6, 6.07) is 0.820. The molecule has 0 spiro atoms. The maximum atomic E-state index is 12.3. The van der Waals surface area contributed by atoms with Crippen LogP contribution in [-0.2, 0) is 4.74 Å². The molecule has 1 unspecified atom stereocenters. The molecule has 0 saturated heterocycles. The first-order chi connectivity index (χ1) is 9.41. The molecule has 20 heavy (non-hydrogen) atoms. The van der Waals surface area contributed by atoms with Crippen LogP contribution in [0.4, 0.5) is 0 Å². The van der Waals surface area contributed by atoms with Gasteiger partial charge in [-0.25, -0.2) is 0 Å². The van der Waals surface area contributed by atoms with Gasteiger partial charge in [-0.05, 0) is 19.1 Å². The van der Waals surface area contributed by atoms with Crippen LogP contribution >= 0.6 is 0 Å². The molecule has 1 aliphatic heterocycles. The first kappa shape index (κ1) is 12.3. The van der Waals surface area contributed by atoms with Crippen LogP contribution in [0.1, 0.15) is 27.6 Å². The first-order valence-corrected chi connectivity index (χ1v) is 5.88. The first-order valence-electron chi connectivity index (χ1n) is 5.88. The summed E-state index contributed by atoms with van der Waals surface area (Å²) in [4.78, 5) is 24.6. The average molecular weight is 274 g/mol. The van der Waals surface area contributed by atoms with Gasteiger partial charge in [-0.1, -0.05) is 0 Å². The molecule has 2 aliphatic rings. The van der Waals surface area contributed by atoms with E-state index in [9.17, 15) is 24.9 Å². The zero-order valence-corrected chi connectivity index (χ0v) is 10.4. The standard InChI is InChI=1S/C14H10O6/c1-5-2-3-6-11(17)9-7(15)4-8(16)12(18)10(9)13(19)14(6)20-5/h2-5,15-16,18H,1H3. The van der Waals surface area contributed by atoms with Crippen LogP contribution in [0.15, 0.2) is 29.6 Å². The van der Waals surface area contributed by atoms with E-state index in [4.69, 9.17) is 4.74 Å². The van der Waals surface area contributed by atoms with Crippen molar-refractivity contribution >= 4 is 11.6 Å². The normalized spacial score (nSPS) is 20.6. The Morgan fingerprint density at radius 3 is 2.45 bits per heavy atom. The largest absolute Gasteiger partial charge is 0.507 e. The third-order valence-electron chi connectivity index (χ3n) is 3.25. The monoisotopic (exact) mass is 274 g/mol. The Morgan fingerprint density at radius 1 is 1.05 bits per heavy atom. The molecule has 1 aliphatic carbocycles. The molecule has 6 heteroatoms. The topological polar surface area (TPSA) is 104 Å². The number of carbonyl (C=O) groups excluding carboxylic acids is 2. The minimum atomic E-state index is -0.742.